The summed E-state index contributed by atoms with van der Waals surface area (Å²) in [7, 11) is 0. The molecule has 3 heteroatoms. The summed E-state index contributed by atoms with van der Waals surface area (Å²) < 4.78 is 0. The van der Waals surface area contributed by atoms with Gasteiger partial charge in [0.15, 0.2) is 0 Å². The van der Waals surface area contributed by atoms with Crippen LogP contribution in [-0.4, -0.2) is 5.91 Å². The zero-order valence-corrected chi connectivity index (χ0v) is 13.2. The average molecular weight is 294 g/mol. The summed E-state index contributed by atoms with van der Waals surface area (Å²) in [5, 5.41) is 3.92. The second-order valence-corrected chi connectivity index (χ2v) is 6.00. The first-order valence-corrected chi connectivity index (χ1v) is 8.16. The van der Waals surface area contributed by atoms with E-state index in [1.165, 1.54) is 24.8 Å². The normalized spacial score (nSPS) is 16.1. The fourth-order valence-electron chi connectivity index (χ4n) is 3.06. The highest BCUT2D eigenvalue weighted by molar-refractivity contribution is 6.32. The number of carbonyl (C=O) groups excluding carboxylic acids is 1. The third kappa shape index (κ3) is 3.35. The molecule has 2 nitrogen and oxygen atoms in total. The van der Waals surface area contributed by atoms with Gasteiger partial charge >= 0.3 is 0 Å². The maximum atomic E-state index is 12.5. The zero-order chi connectivity index (χ0) is 14.5. The van der Waals surface area contributed by atoms with Crippen LogP contribution in [0.25, 0.3) is 0 Å². The highest BCUT2D eigenvalue weighted by atomic mass is 35.5. The number of halogens is 1. The van der Waals surface area contributed by atoms with Crippen molar-refractivity contribution in [2.45, 2.75) is 58.8 Å². The van der Waals surface area contributed by atoms with Gasteiger partial charge in [0.2, 0.25) is 5.91 Å². The van der Waals surface area contributed by atoms with Gasteiger partial charge in [-0.2, -0.15) is 0 Å². The molecule has 0 aromatic heterocycles. The van der Waals surface area contributed by atoms with Gasteiger partial charge in [0, 0.05) is 16.6 Å². The first kappa shape index (κ1) is 15.4. The van der Waals surface area contributed by atoms with Crippen molar-refractivity contribution in [2.75, 3.05) is 5.32 Å². The molecule has 1 fully saturated rings. The van der Waals surface area contributed by atoms with E-state index in [0.717, 1.165) is 42.0 Å². The van der Waals surface area contributed by atoms with Crippen LogP contribution in [0.4, 0.5) is 5.69 Å². The monoisotopic (exact) mass is 293 g/mol. The van der Waals surface area contributed by atoms with Crippen LogP contribution in [0.3, 0.4) is 0 Å². The molecule has 0 heterocycles. The number of rotatable bonds is 4. The van der Waals surface area contributed by atoms with E-state index >= 15 is 0 Å². The topological polar surface area (TPSA) is 29.1 Å². The molecule has 0 atom stereocenters. The zero-order valence-electron chi connectivity index (χ0n) is 12.5. The second-order valence-electron chi connectivity index (χ2n) is 5.59. The molecule has 0 saturated heterocycles. The van der Waals surface area contributed by atoms with E-state index in [1.807, 2.05) is 12.1 Å². The van der Waals surface area contributed by atoms with Gasteiger partial charge in [-0.25, -0.2) is 0 Å². The lowest BCUT2D eigenvalue weighted by atomic mass is 9.88. The number of amides is 1. The predicted molar refractivity (Wildman–Crippen MR) is 85.4 cm³/mol. The maximum absolute atomic E-state index is 12.5. The van der Waals surface area contributed by atoms with Gasteiger partial charge in [-0.15, -0.1) is 0 Å². The van der Waals surface area contributed by atoms with E-state index < -0.39 is 0 Å². The molecule has 1 aromatic rings. The Labute approximate surface area is 126 Å². The molecular formula is C17H24ClNO. The van der Waals surface area contributed by atoms with E-state index in [9.17, 15) is 4.79 Å². The van der Waals surface area contributed by atoms with Gasteiger partial charge in [0.1, 0.15) is 0 Å². The standard InChI is InChI=1S/C17H24ClNO/c1-3-12-10-11-15(18)14(4-2)16(12)19-17(20)13-8-6-5-7-9-13/h10-11,13H,3-9H2,1-2H3,(H,19,20). The number of benzene rings is 1. The number of carbonyl (C=O) groups is 1. The summed E-state index contributed by atoms with van der Waals surface area (Å²) in [6, 6.07) is 3.97. The fourth-order valence-corrected chi connectivity index (χ4v) is 3.35. The molecule has 1 N–H and O–H groups in total. The van der Waals surface area contributed by atoms with Gasteiger partial charge in [-0.3, -0.25) is 4.79 Å². The summed E-state index contributed by atoms with van der Waals surface area (Å²) >= 11 is 6.28. The maximum Gasteiger partial charge on any atom is 0.227 e. The number of nitrogens with one attached hydrogen (secondary N) is 1. The molecule has 110 valence electrons. The Kier molecular flexibility index (Phi) is 5.47. The molecule has 0 aliphatic heterocycles. The second kappa shape index (κ2) is 7.12. The summed E-state index contributed by atoms with van der Waals surface area (Å²) in [5.41, 5.74) is 3.20. The summed E-state index contributed by atoms with van der Waals surface area (Å²) in [6.45, 7) is 4.19. The van der Waals surface area contributed by atoms with Crippen LogP contribution in [0.2, 0.25) is 5.02 Å². The van der Waals surface area contributed by atoms with Crippen LogP contribution in [0.1, 0.15) is 57.1 Å². The van der Waals surface area contributed by atoms with Crippen LogP contribution >= 0.6 is 11.6 Å². The van der Waals surface area contributed by atoms with Crippen LogP contribution in [0.5, 0.6) is 0 Å². The lowest BCUT2D eigenvalue weighted by Gasteiger charge is -2.23. The van der Waals surface area contributed by atoms with E-state index in [0.29, 0.717) is 0 Å². The molecular weight excluding hydrogens is 270 g/mol. The quantitative estimate of drug-likeness (QED) is 0.833. The SMILES string of the molecule is CCc1ccc(Cl)c(CC)c1NC(=O)C1CCCCC1. The molecule has 1 aliphatic rings. The number of anilines is 1. The van der Waals surface area contributed by atoms with Crippen molar-refractivity contribution in [1.82, 2.24) is 0 Å². The summed E-state index contributed by atoms with van der Waals surface area (Å²) in [4.78, 5) is 12.5. The molecule has 0 spiro atoms. The van der Waals surface area contributed by atoms with E-state index in [1.54, 1.807) is 0 Å². The molecule has 0 radical (unpaired) electrons. The van der Waals surface area contributed by atoms with Gasteiger partial charge in [-0.05, 0) is 42.9 Å². The van der Waals surface area contributed by atoms with Crippen LogP contribution in [0, 0.1) is 5.92 Å². The smallest absolute Gasteiger partial charge is 0.227 e. The Morgan fingerprint density at radius 3 is 2.50 bits per heavy atom. The molecule has 1 aliphatic carbocycles. The van der Waals surface area contributed by atoms with Gasteiger partial charge in [-0.1, -0.05) is 50.8 Å². The van der Waals surface area contributed by atoms with E-state index in [-0.39, 0.29) is 11.8 Å². The molecule has 2 rings (SSSR count). The van der Waals surface area contributed by atoms with Gasteiger partial charge in [0.25, 0.3) is 0 Å². The first-order chi connectivity index (χ1) is 9.67. The lowest BCUT2D eigenvalue weighted by Crippen LogP contribution is -2.25. The van der Waals surface area contributed by atoms with Crippen molar-refractivity contribution in [3.05, 3.63) is 28.3 Å². The minimum Gasteiger partial charge on any atom is -0.325 e. The first-order valence-electron chi connectivity index (χ1n) is 7.78. The molecule has 1 aromatic carbocycles. The largest absolute Gasteiger partial charge is 0.325 e. The molecule has 0 unspecified atom stereocenters. The van der Waals surface area contributed by atoms with Crippen LogP contribution in [-0.2, 0) is 17.6 Å². The van der Waals surface area contributed by atoms with Crippen LogP contribution < -0.4 is 5.32 Å². The van der Waals surface area contributed by atoms with Crippen molar-refractivity contribution in [1.29, 1.82) is 0 Å². The fraction of sp³-hybridized carbons (Fsp3) is 0.588. The number of hydrogen-bond donors (Lipinski definition) is 1. The van der Waals surface area contributed by atoms with Crippen molar-refractivity contribution in [2.24, 2.45) is 5.92 Å². The predicted octanol–water partition coefficient (Wildman–Crippen LogP) is 4.98. The van der Waals surface area contributed by atoms with Crippen molar-refractivity contribution in [3.8, 4) is 0 Å². The van der Waals surface area contributed by atoms with Crippen molar-refractivity contribution >= 4 is 23.2 Å². The van der Waals surface area contributed by atoms with E-state index in [2.05, 4.69) is 19.2 Å². The van der Waals surface area contributed by atoms with Crippen molar-refractivity contribution < 1.29 is 4.79 Å². The Balaban J connectivity index is 2.22. The Hall–Kier alpha value is -1.02. The molecule has 1 saturated carbocycles. The lowest BCUT2D eigenvalue weighted by molar-refractivity contribution is -0.120. The number of aryl methyl sites for hydroxylation is 1. The highest BCUT2D eigenvalue weighted by Gasteiger charge is 2.22. The van der Waals surface area contributed by atoms with Gasteiger partial charge in [0.05, 0.1) is 0 Å². The minimum absolute atomic E-state index is 0.177. The molecule has 0 bridgehead atoms. The minimum atomic E-state index is 0.177. The third-order valence-corrected chi connectivity index (χ3v) is 4.65. The molecule has 20 heavy (non-hydrogen) atoms. The van der Waals surface area contributed by atoms with Crippen LogP contribution in [0.15, 0.2) is 12.1 Å². The van der Waals surface area contributed by atoms with E-state index in [4.69, 9.17) is 11.6 Å². The summed E-state index contributed by atoms with van der Waals surface area (Å²) in [5.74, 6) is 0.355. The van der Waals surface area contributed by atoms with Gasteiger partial charge < -0.3 is 5.32 Å². The summed E-state index contributed by atoms with van der Waals surface area (Å²) in [6.07, 6.45) is 7.41. The van der Waals surface area contributed by atoms with Crippen molar-refractivity contribution in [3.63, 3.8) is 0 Å². The Bertz CT molecular complexity index is 478. The highest BCUT2D eigenvalue weighted by Crippen LogP contribution is 2.31. The third-order valence-electron chi connectivity index (χ3n) is 4.30. The Morgan fingerprint density at radius 2 is 1.90 bits per heavy atom. The Morgan fingerprint density at radius 1 is 1.20 bits per heavy atom. The molecule has 1 amide bonds. The average Bonchev–Trinajstić information content (AvgIpc) is 2.48. The number of hydrogen-bond acceptors (Lipinski definition) is 1.